The summed E-state index contributed by atoms with van der Waals surface area (Å²) in [5.41, 5.74) is 0. The van der Waals surface area contributed by atoms with Crippen LogP contribution in [0.15, 0.2) is 17.5 Å². The Labute approximate surface area is 94.2 Å². The molecule has 0 N–H and O–H groups in total. The molecule has 60 valence electrons. The maximum absolute atomic E-state index is 10.5. The van der Waals surface area contributed by atoms with Gasteiger partial charge in [-0.25, -0.2) is 8.42 Å². The van der Waals surface area contributed by atoms with E-state index in [9.17, 15) is 8.42 Å². The summed E-state index contributed by atoms with van der Waals surface area (Å²) in [4.78, 5) is 0.773. The normalized spacial score (nSPS) is 10.6. The standard InChI is InChI=1S/C5H5ClO2S2.Pb/c6-10(7,8)4-5-2-1-3-9-5;/h1-3H,4H2;. The van der Waals surface area contributed by atoms with Crippen LogP contribution in [-0.2, 0) is 14.8 Å². The molecule has 0 amide bonds. The molecule has 0 spiro atoms. The summed E-state index contributed by atoms with van der Waals surface area (Å²) >= 11 is 1.39. The Morgan fingerprint density at radius 2 is 2.18 bits per heavy atom. The molecule has 1 rings (SSSR count). The van der Waals surface area contributed by atoms with Crippen molar-refractivity contribution >= 4 is 58.4 Å². The van der Waals surface area contributed by atoms with Crippen molar-refractivity contribution in [2.45, 2.75) is 5.75 Å². The summed E-state index contributed by atoms with van der Waals surface area (Å²) in [6.07, 6.45) is 0. The quantitative estimate of drug-likeness (QED) is 0.553. The average molecular weight is 404 g/mol. The predicted octanol–water partition coefficient (Wildman–Crippen LogP) is 1.44. The Bertz CT molecular complexity index is 292. The van der Waals surface area contributed by atoms with E-state index in [0.29, 0.717) is 0 Å². The van der Waals surface area contributed by atoms with Crippen LogP contribution in [0.4, 0.5) is 0 Å². The molecule has 0 unspecified atom stereocenters. The largest absolute Gasteiger partial charge is 0.237 e. The van der Waals surface area contributed by atoms with Crippen molar-refractivity contribution in [3.05, 3.63) is 22.4 Å². The van der Waals surface area contributed by atoms with E-state index < -0.39 is 9.05 Å². The van der Waals surface area contributed by atoms with Crippen molar-refractivity contribution < 1.29 is 8.42 Å². The van der Waals surface area contributed by atoms with Crippen molar-refractivity contribution in [3.8, 4) is 0 Å². The fourth-order valence-corrected chi connectivity index (χ4v) is 2.77. The Balaban J connectivity index is 0.000001000. The molecule has 1 heterocycles. The summed E-state index contributed by atoms with van der Waals surface area (Å²) in [7, 11) is 1.64. The Morgan fingerprint density at radius 3 is 2.55 bits per heavy atom. The van der Waals surface area contributed by atoms with Crippen LogP contribution in [0.25, 0.3) is 0 Å². The maximum Gasteiger partial charge on any atom is 0.237 e. The molecule has 0 saturated heterocycles. The number of halogens is 1. The molecule has 11 heavy (non-hydrogen) atoms. The first kappa shape index (κ1) is 11.9. The molecule has 4 radical (unpaired) electrons. The summed E-state index contributed by atoms with van der Waals surface area (Å²) in [5.74, 6) is -0.0633. The Kier molecular flexibility index (Phi) is 5.16. The van der Waals surface area contributed by atoms with E-state index in [0.717, 1.165) is 4.88 Å². The van der Waals surface area contributed by atoms with Crippen LogP contribution < -0.4 is 0 Å². The zero-order valence-corrected chi connectivity index (χ0v) is 11.7. The molecule has 2 nitrogen and oxygen atoms in total. The summed E-state index contributed by atoms with van der Waals surface area (Å²) in [5, 5.41) is 1.82. The van der Waals surface area contributed by atoms with E-state index in [-0.39, 0.29) is 33.1 Å². The molecule has 1 aromatic rings. The number of thiophene rings is 1. The molecule has 0 aromatic carbocycles. The third-order valence-electron chi connectivity index (χ3n) is 0.895. The number of rotatable bonds is 2. The fourth-order valence-electron chi connectivity index (χ4n) is 0.565. The van der Waals surface area contributed by atoms with Gasteiger partial charge in [-0.15, -0.1) is 11.3 Å². The molecule has 0 fully saturated rings. The van der Waals surface area contributed by atoms with Gasteiger partial charge in [-0.05, 0) is 11.4 Å². The molecule has 1 aromatic heterocycles. The van der Waals surface area contributed by atoms with Crippen LogP contribution in [0, 0.1) is 0 Å². The van der Waals surface area contributed by atoms with Gasteiger partial charge in [-0.1, -0.05) is 6.07 Å². The number of hydrogen-bond donors (Lipinski definition) is 0. The maximum atomic E-state index is 10.5. The van der Waals surface area contributed by atoms with Crippen molar-refractivity contribution in [3.63, 3.8) is 0 Å². The number of hydrogen-bond acceptors (Lipinski definition) is 3. The molecule has 0 saturated carbocycles. The van der Waals surface area contributed by atoms with Gasteiger partial charge in [0.25, 0.3) is 0 Å². The summed E-state index contributed by atoms with van der Waals surface area (Å²) < 4.78 is 20.9. The van der Waals surface area contributed by atoms with Gasteiger partial charge in [0.1, 0.15) is 0 Å². The van der Waals surface area contributed by atoms with E-state index in [1.165, 1.54) is 11.3 Å². The molecular weight excluding hydrogens is 399 g/mol. The minimum Gasteiger partial charge on any atom is -0.212 e. The van der Waals surface area contributed by atoms with Gasteiger partial charge in [0.2, 0.25) is 9.05 Å². The van der Waals surface area contributed by atoms with Crippen molar-refractivity contribution in [2.24, 2.45) is 0 Å². The van der Waals surface area contributed by atoms with Crippen molar-refractivity contribution in [2.75, 3.05) is 0 Å². The predicted molar refractivity (Wildman–Crippen MR) is 48.5 cm³/mol. The van der Waals surface area contributed by atoms with Crippen molar-refractivity contribution in [1.29, 1.82) is 0 Å². The third-order valence-corrected chi connectivity index (χ3v) is 2.94. The summed E-state index contributed by atoms with van der Waals surface area (Å²) in [6.45, 7) is 0. The van der Waals surface area contributed by atoms with Crippen LogP contribution in [0.5, 0.6) is 0 Å². The minimum atomic E-state index is -3.36. The molecule has 0 aliphatic carbocycles. The van der Waals surface area contributed by atoms with Gasteiger partial charge >= 0.3 is 0 Å². The van der Waals surface area contributed by atoms with E-state index >= 15 is 0 Å². The summed E-state index contributed by atoms with van der Waals surface area (Å²) in [6, 6.07) is 3.53. The van der Waals surface area contributed by atoms with Gasteiger partial charge in [-0.3, -0.25) is 0 Å². The van der Waals surface area contributed by atoms with Crippen LogP contribution in [-0.4, -0.2) is 35.7 Å². The second kappa shape index (κ2) is 4.78. The zero-order chi connectivity index (χ0) is 7.61. The van der Waals surface area contributed by atoms with Gasteiger partial charge in [0.15, 0.2) is 0 Å². The Hall–Kier alpha value is 0.862. The van der Waals surface area contributed by atoms with E-state index in [1.54, 1.807) is 12.1 Å². The van der Waals surface area contributed by atoms with E-state index in [4.69, 9.17) is 10.7 Å². The van der Waals surface area contributed by atoms with Crippen LogP contribution >= 0.6 is 22.0 Å². The molecule has 6 heteroatoms. The van der Waals surface area contributed by atoms with E-state index in [2.05, 4.69) is 0 Å². The van der Waals surface area contributed by atoms with E-state index in [1.807, 2.05) is 5.38 Å². The first-order valence-electron chi connectivity index (χ1n) is 2.53. The van der Waals surface area contributed by atoms with Crippen LogP contribution in [0.1, 0.15) is 4.88 Å². The van der Waals surface area contributed by atoms with Gasteiger partial charge in [0, 0.05) is 42.9 Å². The smallest absolute Gasteiger partial charge is 0.212 e. The SMILES string of the molecule is O=S(=O)(Cl)Cc1cccs1.[Pb]. The van der Waals surface area contributed by atoms with Gasteiger partial charge in [0.05, 0.1) is 5.75 Å². The second-order valence-electron chi connectivity index (χ2n) is 1.76. The monoisotopic (exact) mass is 404 g/mol. The van der Waals surface area contributed by atoms with Crippen LogP contribution in [0.2, 0.25) is 0 Å². The molecule has 0 bridgehead atoms. The zero-order valence-electron chi connectivity index (χ0n) is 5.45. The van der Waals surface area contributed by atoms with Gasteiger partial charge in [-0.2, -0.15) is 0 Å². The molecule has 0 aliphatic rings. The third kappa shape index (κ3) is 5.16. The van der Waals surface area contributed by atoms with Gasteiger partial charge < -0.3 is 0 Å². The molecule has 0 atom stereocenters. The first-order valence-corrected chi connectivity index (χ1v) is 5.88. The topological polar surface area (TPSA) is 34.1 Å². The second-order valence-corrected chi connectivity index (χ2v) is 5.57. The fraction of sp³-hybridized carbons (Fsp3) is 0.200. The minimum absolute atomic E-state index is 0. The molecule has 0 aliphatic heterocycles. The Morgan fingerprint density at radius 1 is 1.55 bits per heavy atom. The van der Waals surface area contributed by atoms with Crippen molar-refractivity contribution in [1.82, 2.24) is 0 Å². The average Bonchev–Trinajstić information content (AvgIpc) is 2.12. The first-order chi connectivity index (χ1) is 4.58. The van der Waals surface area contributed by atoms with Crippen LogP contribution in [0.3, 0.4) is 0 Å². The molecular formula is C5H5ClO2PbS2.